The molecule has 152 valence electrons. The molecule has 2 bridgehead atoms. The van der Waals surface area contributed by atoms with Crippen molar-refractivity contribution in [1.82, 2.24) is 9.80 Å². The normalized spacial score (nSPS) is 27.1. The van der Waals surface area contributed by atoms with Gasteiger partial charge in [-0.3, -0.25) is 4.79 Å². The number of fused-ring (bicyclic) bond motifs is 2. The van der Waals surface area contributed by atoms with Crippen LogP contribution in [0.3, 0.4) is 0 Å². The molecule has 3 aliphatic rings. The van der Waals surface area contributed by atoms with Gasteiger partial charge in [0, 0.05) is 25.2 Å². The average molecular weight is 385 g/mol. The number of carbonyl (C=O) groups is 2. The lowest BCUT2D eigenvalue weighted by Gasteiger charge is -2.42. The van der Waals surface area contributed by atoms with Gasteiger partial charge < -0.3 is 14.5 Å². The highest BCUT2D eigenvalue weighted by atomic mass is 16.6. The van der Waals surface area contributed by atoms with E-state index in [1.807, 2.05) is 30.6 Å². The van der Waals surface area contributed by atoms with Crippen LogP contribution in [0.25, 0.3) is 0 Å². The van der Waals surface area contributed by atoms with E-state index in [-0.39, 0.29) is 30.0 Å². The van der Waals surface area contributed by atoms with Crippen LogP contribution in [-0.4, -0.2) is 52.6 Å². The molecular weight excluding hydrogens is 352 g/mol. The van der Waals surface area contributed by atoms with Crippen molar-refractivity contribution in [2.45, 2.75) is 71.1 Å². The van der Waals surface area contributed by atoms with Gasteiger partial charge in [-0.25, -0.2) is 4.79 Å². The molecule has 0 radical (unpaired) electrons. The van der Waals surface area contributed by atoms with E-state index in [9.17, 15) is 9.59 Å². The minimum Gasteiger partial charge on any atom is -0.444 e. The lowest BCUT2D eigenvalue weighted by molar-refractivity contribution is -0.142. The summed E-state index contributed by atoms with van der Waals surface area (Å²) < 4.78 is 5.59. The number of aryl methyl sites for hydroxylation is 1. The zero-order valence-electron chi connectivity index (χ0n) is 17.5. The summed E-state index contributed by atoms with van der Waals surface area (Å²) >= 11 is 0. The van der Waals surface area contributed by atoms with Crippen molar-refractivity contribution in [3.8, 4) is 0 Å². The topological polar surface area (TPSA) is 49.9 Å². The fraction of sp³-hybridized carbons (Fsp3) is 0.652. The third-order valence-electron chi connectivity index (χ3n) is 6.50. The van der Waals surface area contributed by atoms with Crippen molar-refractivity contribution in [3.05, 3.63) is 35.4 Å². The van der Waals surface area contributed by atoms with Gasteiger partial charge in [0.25, 0.3) is 0 Å². The largest absolute Gasteiger partial charge is 0.444 e. The predicted octanol–water partition coefficient (Wildman–Crippen LogP) is 3.78. The second-order valence-electron chi connectivity index (χ2n) is 9.77. The Kier molecular flexibility index (Phi) is 4.88. The van der Waals surface area contributed by atoms with Crippen LogP contribution in [0.15, 0.2) is 24.3 Å². The fourth-order valence-electron chi connectivity index (χ4n) is 5.12. The molecule has 5 heteroatoms. The molecule has 3 atom stereocenters. The third-order valence-corrected chi connectivity index (χ3v) is 6.50. The van der Waals surface area contributed by atoms with Gasteiger partial charge in [-0.15, -0.1) is 0 Å². The maximum absolute atomic E-state index is 13.1. The molecule has 1 aromatic carbocycles. The van der Waals surface area contributed by atoms with Crippen LogP contribution in [0.2, 0.25) is 0 Å². The van der Waals surface area contributed by atoms with Gasteiger partial charge in [0.15, 0.2) is 0 Å². The van der Waals surface area contributed by atoms with Gasteiger partial charge in [-0.2, -0.15) is 0 Å². The molecule has 28 heavy (non-hydrogen) atoms. The van der Waals surface area contributed by atoms with Crippen molar-refractivity contribution in [2.24, 2.45) is 11.8 Å². The Morgan fingerprint density at radius 3 is 2.54 bits per heavy atom. The van der Waals surface area contributed by atoms with Crippen molar-refractivity contribution < 1.29 is 14.3 Å². The molecule has 0 N–H and O–H groups in total. The molecule has 3 heterocycles. The Bertz CT molecular complexity index is 763. The van der Waals surface area contributed by atoms with E-state index in [1.54, 1.807) is 0 Å². The van der Waals surface area contributed by atoms with Crippen LogP contribution in [0.5, 0.6) is 0 Å². The standard InChI is InChI=1S/C23H32N2O3/c1-15-7-5-6-8-17(15)11-16-13-24(14-16)21(26)19-12-18-9-10-20(19)25(18)22(27)28-23(2,3)4/h5-8,16,18-20H,9-14H2,1-4H3. The fourth-order valence-corrected chi connectivity index (χ4v) is 5.12. The molecule has 3 fully saturated rings. The number of benzene rings is 1. The second kappa shape index (κ2) is 7.09. The lowest BCUT2D eigenvalue weighted by Crippen LogP contribution is -2.54. The first kappa shape index (κ1) is 19.3. The first-order valence-electron chi connectivity index (χ1n) is 10.6. The Labute approximate surface area is 168 Å². The highest BCUT2D eigenvalue weighted by molar-refractivity contribution is 5.83. The van der Waals surface area contributed by atoms with Crippen LogP contribution < -0.4 is 0 Å². The summed E-state index contributed by atoms with van der Waals surface area (Å²) in [7, 11) is 0. The summed E-state index contributed by atoms with van der Waals surface area (Å²) in [5, 5.41) is 0. The van der Waals surface area contributed by atoms with E-state index in [0.29, 0.717) is 5.92 Å². The first-order chi connectivity index (χ1) is 13.2. The van der Waals surface area contributed by atoms with E-state index in [4.69, 9.17) is 4.74 Å². The molecule has 0 saturated carbocycles. The van der Waals surface area contributed by atoms with Gasteiger partial charge in [-0.05, 0) is 70.4 Å². The molecule has 3 saturated heterocycles. The number of likely N-dealkylation sites (tertiary alicyclic amines) is 1. The molecule has 0 aromatic heterocycles. The monoisotopic (exact) mass is 384 g/mol. The van der Waals surface area contributed by atoms with Crippen LogP contribution in [0.4, 0.5) is 4.79 Å². The molecular formula is C23H32N2O3. The third kappa shape index (κ3) is 3.63. The van der Waals surface area contributed by atoms with Gasteiger partial charge in [0.05, 0.1) is 5.92 Å². The summed E-state index contributed by atoms with van der Waals surface area (Å²) in [6.07, 6.45) is 3.49. The Morgan fingerprint density at radius 1 is 1.14 bits per heavy atom. The van der Waals surface area contributed by atoms with Crippen molar-refractivity contribution in [3.63, 3.8) is 0 Å². The number of amides is 2. The summed E-state index contributed by atoms with van der Waals surface area (Å²) in [5.74, 6) is 0.734. The van der Waals surface area contributed by atoms with E-state index in [2.05, 4.69) is 31.2 Å². The molecule has 3 aliphatic heterocycles. The number of hydrogen-bond acceptors (Lipinski definition) is 3. The SMILES string of the molecule is Cc1ccccc1CC1CN(C(=O)C2CC3CCC2N3C(=O)OC(C)(C)C)C1. The second-order valence-corrected chi connectivity index (χ2v) is 9.77. The Morgan fingerprint density at radius 2 is 1.86 bits per heavy atom. The number of carbonyl (C=O) groups excluding carboxylic acids is 2. The minimum absolute atomic E-state index is 0.0165. The van der Waals surface area contributed by atoms with Crippen molar-refractivity contribution in [2.75, 3.05) is 13.1 Å². The van der Waals surface area contributed by atoms with Crippen LogP contribution in [-0.2, 0) is 16.0 Å². The molecule has 0 spiro atoms. The summed E-state index contributed by atoms with van der Waals surface area (Å²) in [6.45, 7) is 9.50. The zero-order chi connectivity index (χ0) is 20.1. The van der Waals surface area contributed by atoms with Crippen LogP contribution >= 0.6 is 0 Å². The van der Waals surface area contributed by atoms with E-state index in [0.717, 1.165) is 38.8 Å². The van der Waals surface area contributed by atoms with Crippen LogP contribution in [0, 0.1) is 18.8 Å². The van der Waals surface area contributed by atoms with Gasteiger partial charge >= 0.3 is 6.09 Å². The number of rotatable bonds is 3. The smallest absolute Gasteiger partial charge is 0.410 e. The van der Waals surface area contributed by atoms with E-state index >= 15 is 0 Å². The van der Waals surface area contributed by atoms with Gasteiger partial charge in [0.1, 0.15) is 5.60 Å². The maximum Gasteiger partial charge on any atom is 0.410 e. The lowest BCUT2D eigenvalue weighted by atomic mass is 9.85. The first-order valence-corrected chi connectivity index (χ1v) is 10.6. The number of hydrogen-bond donors (Lipinski definition) is 0. The molecule has 1 aromatic rings. The summed E-state index contributed by atoms with van der Waals surface area (Å²) in [4.78, 5) is 29.6. The van der Waals surface area contributed by atoms with Crippen molar-refractivity contribution >= 4 is 12.0 Å². The zero-order valence-corrected chi connectivity index (χ0v) is 17.5. The number of ether oxygens (including phenoxy) is 1. The summed E-state index contributed by atoms with van der Waals surface area (Å²) in [6, 6.07) is 8.68. The predicted molar refractivity (Wildman–Crippen MR) is 108 cm³/mol. The molecule has 5 nitrogen and oxygen atoms in total. The molecule has 2 amide bonds. The van der Waals surface area contributed by atoms with Crippen LogP contribution in [0.1, 0.15) is 51.2 Å². The minimum atomic E-state index is -0.501. The van der Waals surface area contributed by atoms with E-state index in [1.165, 1.54) is 11.1 Å². The quantitative estimate of drug-likeness (QED) is 0.797. The van der Waals surface area contributed by atoms with Gasteiger partial charge in [-0.1, -0.05) is 24.3 Å². The summed E-state index contributed by atoms with van der Waals surface area (Å²) in [5.41, 5.74) is 2.21. The van der Waals surface area contributed by atoms with Gasteiger partial charge in [0.2, 0.25) is 5.91 Å². The molecule has 3 unspecified atom stereocenters. The Hall–Kier alpha value is -2.04. The van der Waals surface area contributed by atoms with Crippen molar-refractivity contribution in [1.29, 1.82) is 0 Å². The Balaban J connectivity index is 1.33. The highest BCUT2D eigenvalue weighted by Crippen LogP contribution is 2.44. The van der Waals surface area contributed by atoms with E-state index < -0.39 is 5.60 Å². The maximum atomic E-state index is 13.1. The highest BCUT2D eigenvalue weighted by Gasteiger charge is 2.53. The number of nitrogens with zero attached hydrogens (tertiary/aromatic N) is 2. The molecule has 4 rings (SSSR count). The average Bonchev–Trinajstić information content (AvgIpc) is 3.15. The molecule has 0 aliphatic carbocycles.